The number of anilines is 1. The Morgan fingerprint density at radius 1 is 1.32 bits per heavy atom. The Kier molecular flexibility index (Phi) is 3.66. The number of hydrogen-bond acceptors (Lipinski definition) is 6. The minimum atomic E-state index is -1.08. The van der Waals surface area contributed by atoms with Crippen molar-refractivity contribution in [2.75, 3.05) is 5.73 Å². The van der Waals surface area contributed by atoms with Gasteiger partial charge in [-0.3, -0.25) is 0 Å². The van der Waals surface area contributed by atoms with E-state index in [9.17, 15) is 4.79 Å². The van der Waals surface area contributed by atoms with E-state index in [1.807, 2.05) is 19.9 Å². The molecule has 2 heterocycles. The first kappa shape index (κ1) is 13.3. The van der Waals surface area contributed by atoms with E-state index in [1.165, 1.54) is 12.3 Å². The van der Waals surface area contributed by atoms with E-state index >= 15 is 0 Å². The van der Waals surface area contributed by atoms with Crippen LogP contribution in [0.2, 0.25) is 0 Å². The number of nitrogen functional groups attached to an aromatic ring is 1. The van der Waals surface area contributed by atoms with Gasteiger partial charge in [-0.2, -0.15) is 0 Å². The molecule has 0 spiro atoms. The minimum absolute atomic E-state index is 0.0295. The highest BCUT2D eigenvalue weighted by Gasteiger charge is 2.14. The number of hydrogen-bond donors (Lipinski definition) is 2. The van der Waals surface area contributed by atoms with Gasteiger partial charge in [0.2, 0.25) is 0 Å². The first-order chi connectivity index (χ1) is 8.97. The van der Waals surface area contributed by atoms with E-state index in [0.717, 1.165) is 23.1 Å². The summed E-state index contributed by atoms with van der Waals surface area (Å²) in [5.74, 6) is -1.08. The number of aryl methyl sites for hydroxylation is 2. The minimum Gasteiger partial charge on any atom is -0.478 e. The molecular weight excluding hydrogens is 264 g/mol. The van der Waals surface area contributed by atoms with E-state index in [0.29, 0.717) is 10.2 Å². The smallest absolute Gasteiger partial charge is 0.337 e. The predicted molar refractivity (Wildman–Crippen MR) is 71.2 cm³/mol. The van der Waals surface area contributed by atoms with E-state index in [4.69, 9.17) is 10.8 Å². The van der Waals surface area contributed by atoms with E-state index < -0.39 is 5.97 Å². The average molecular weight is 276 g/mol. The zero-order valence-corrected chi connectivity index (χ0v) is 11.2. The summed E-state index contributed by atoms with van der Waals surface area (Å²) in [7, 11) is 0. The van der Waals surface area contributed by atoms with Gasteiger partial charge in [0.1, 0.15) is 5.03 Å². The lowest BCUT2D eigenvalue weighted by Crippen LogP contribution is -2.05. The van der Waals surface area contributed by atoms with Crippen LogP contribution in [0.25, 0.3) is 0 Å². The summed E-state index contributed by atoms with van der Waals surface area (Å²) in [5.41, 5.74) is 7.62. The maximum Gasteiger partial charge on any atom is 0.337 e. The van der Waals surface area contributed by atoms with Gasteiger partial charge in [-0.1, -0.05) is 0 Å². The van der Waals surface area contributed by atoms with Crippen molar-refractivity contribution in [2.24, 2.45) is 0 Å². The number of pyridine rings is 1. The number of aromatic carboxylic acids is 1. The second-order valence-corrected chi connectivity index (χ2v) is 4.87. The van der Waals surface area contributed by atoms with E-state index in [-0.39, 0.29) is 11.3 Å². The van der Waals surface area contributed by atoms with Crippen molar-refractivity contribution < 1.29 is 9.90 Å². The Morgan fingerprint density at radius 3 is 2.53 bits per heavy atom. The summed E-state index contributed by atoms with van der Waals surface area (Å²) in [6.07, 6.45) is 1.41. The Balaban J connectivity index is 2.38. The Morgan fingerprint density at radius 2 is 1.95 bits per heavy atom. The lowest BCUT2D eigenvalue weighted by atomic mass is 10.2. The second-order valence-electron chi connectivity index (χ2n) is 3.92. The molecule has 98 valence electrons. The molecule has 0 aliphatic carbocycles. The van der Waals surface area contributed by atoms with Crippen molar-refractivity contribution in [3.05, 3.63) is 35.3 Å². The van der Waals surface area contributed by atoms with Crippen molar-refractivity contribution in [2.45, 2.75) is 24.0 Å². The molecule has 0 saturated heterocycles. The summed E-state index contributed by atoms with van der Waals surface area (Å²) in [6, 6.07) is 3.22. The topological polar surface area (TPSA) is 102 Å². The molecule has 0 atom stereocenters. The SMILES string of the molecule is Cc1cc(C)nc(Sc2nccc(C(=O)O)c2N)n1. The van der Waals surface area contributed by atoms with Crippen molar-refractivity contribution in [1.82, 2.24) is 15.0 Å². The third kappa shape index (κ3) is 3.00. The van der Waals surface area contributed by atoms with Crippen LogP contribution in [0.15, 0.2) is 28.5 Å². The number of carbonyl (C=O) groups is 1. The molecule has 3 N–H and O–H groups in total. The molecule has 7 heteroatoms. The highest BCUT2D eigenvalue weighted by atomic mass is 32.2. The van der Waals surface area contributed by atoms with Gasteiger partial charge in [-0.25, -0.2) is 19.7 Å². The van der Waals surface area contributed by atoms with Crippen molar-refractivity contribution >= 4 is 23.4 Å². The molecule has 0 radical (unpaired) electrons. The summed E-state index contributed by atoms with van der Waals surface area (Å²) in [6.45, 7) is 3.73. The fourth-order valence-electron chi connectivity index (χ4n) is 1.55. The number of carboxylic acids is 1. The molecule has 2 aromatic heterocycles. The lowest BCUT2D eigenvalue weighted by Gasteiger charge is -2.06. The number of nitrogens with zero attached hydrogens (tertiary/aromatic N) is 3. The fraction of sp³-hybridized carbons (Fsp3) is 0.167. The molecule has 19 heavy (non-hydrogen) atoms. The average Bonchev–Trinajstić information content (AvgIpc) is 2.30. The lowest BCUT2D eigenvalue weighted by molar-refractivity contribution is 0.0697. The fourth-order valence-corrected chi connectivity index (χ4v) is 2.43. The van der Waals surface area contributed by atoms with Gasteiger partial charge >= 0.3 is 5.97 Å². The summed E-state index contributed by atoms with van der Waals surface area (Å²) >= 11 is 1.15. The second kappa shape index (κ2) is 5.23. The van der Waals surface area contributed by atoms with Crippen molar-refractivity contribution in [3.63, 3.8) is 0 Å². The maximum atomic E-state index is 11.0. The standard InChI is InChI=1S/C12H12N4O2S/c1-6-5-7(2)16-12(15-6)19-10-9(13)8(11(17)18)3-4-14-10/h3-5H,13H2,1-2H3,(H,17,18). The molecule has 0 aromatic carbocycles. The molecule has 0 fully saturated rings. The van der Waals surface area contributed by atoms with Crippen LogP contribution >= 0.6 is 11.8 Å². The Labute approximate surface area is 114 Å². The van der Waals surface area contributed by atoms with E-state index in [1.54, 1.807) is 0 Å². The normalized spacial score (nSPS) is 10.4. The molecular formula is C12H12N4O2S. The van der Waals surface area contributed by atoms with Crippen LogP contribution in [0.4, 0.5) is 5.69 Å². The van der Waals surface area contributed by atoms with Gasteiger partial charge < -0.3 is 10.8 Å². The van der Waals surface area contributed by atoms with Crippen LogP contribution < -0.4 is 5.73 Å². The molecule has 0 aliphatic rings. The molecule has 0 aliphatic heterocycles. The highest BCUT2D eigenvalue weighted by Crippen LogP contribution is 2.29. The quantitative estimate of drug-likeness (QED) is 0.825. The van der Waals surface area contributed by atoms with Gasteiger partial charge in [0, 0.05) is 17.6 Å². The molecule has 6 nitrogen and oxygen atoms in total. The van der Waals surface area contributed by atoms with Crippen LogP contribution in [-0.2, 0) is 0 Å². The number of aromatic nitrogens is 3. The highest BCUT2D eigenvalue weighted by molar-refractivity contribution is 7.99. The van der Waals surface area contributed by atoms with Crippen LogP contribution in [0, 0.1) is 13.8 Å². The zero-order chi connectivity index (χ0) is 14.0. The third-order valence-corrected chi connectivity index (χ3v) is 3.22. The first-order valence-corrected chi connectivity index (χ1v) is 6.27. The monoisotopic (exact) mass is 276 g/mol. The molecule has 2 rings (SSSR count). The number of carboxylic acid groups (broad SMARTS) is 1. The molecule has 0 unspecified atom stereocenters. The largest absolute Gasteiger partial charge is 0.478 e. The molecule has 2 aromatic rings. The summed E-state index contributed by atoms with van der Waals surface area (Å²) in [5, 5.41) is 9.89. The maximum absolute atomic E-state index is 11.0. The summed E-state index contributed by atoms with van der Waals surface area (Å²) in [4.78, 5) is 23.6. The zero-order valence-electron chi connectivity index (χ0n) is 10.4. The Bertz CT molecular complexity index is 625. The van der Waals surface area contributed by atoms with Gasteiger partial charge in [-0.05, 0) is 37.7 Å². The van der Waals surface area contributed by atoms with Crippen LogP contribution in [0.5, 0.6) is 0 Å². The Hall–Kier alpha value is -2.15. The van der Waals surface area contributed by atoms with E-state index in [2.05, 4.69) is 15.0 Å². The van der Waals surface area contributed by atoms with Crippen molar-refractivity contribution in [3.8, 4) is 0 Å². The van der Waals surface area contributed by atoms with Crippen LogP contribution in [-0.4, -0.2) is 26.0 Å². The predicted octanol–water partition coefficient (Wildman–Crippen LogP) is 1.92. The molecule has 0 saturated carbocycles. The van der Waals surface area contributed by atoms with Gasteiger partial charge in [-0.15, -0.1) is 0 Å². The van der Waals surface area contributed by atoms with Gasteiger partial charge in [0.25, 0.3) is 0 Å². The number of nitrogens with two attached hydrogens (primary N) is 1. The number of rotatable bonds is 3. The summed E-state index contributed by atoms with van der Waals surface area (Å²) < 4.78 is 0. The molecule has 0 bridgehead atoms. The van der Waals surface area contributed by atoms with Gasteiger partial charge in [0.15, 0.2) is 5.16 Å². The first-order valence-electron chi connectivity index (χ1n) is 5.45. The third-order valence-electron chi connectivity index (χ3n) is 2.33. The van der Waals surface area contributed by atoms with Crippen molar-refractivity contribution in [1.29, 1.82) is 0 Å². The van der Waals surface area contributed by atoms with Crippen LogP contribution in [0.1, 0.15) is 21.7 Å². The van der Waals surface area contributed by atoms with Crippen LogP contribution in [0.3, 0.4) is 0 Å². The molecule has 0 amide bonds. The van der Waals surface area contributed by atoms with Gasteiger partial charge in [0.05, 0.1) is 11.3 Å².